The maximum atomic E-state index is 6.36. The third-order valence-corrected chi connectivity index (χ3v) is 4.40. The first-order valence-corrected chi connectivity index (χ1v) is 7.06. The molecule has 1 aromatic heterocycles. The van der Waals surface area contributed by atoms with Crippen molar-refractivity contribution >= 4 is 11.8 Å². The summed E-state index contributed by atoms with van der Waals surface area (Å²) >= 11 is 1.83. The summed E-state index contributed by atoms with van der Waals surface area (Å²) in [6.45, 7) is 2.18. The second-order valence-corrected chi connectivity index (χ2v) is 5.50. The van der Waals surface area contributed by atoms with Crippen LogP contribution in [0, 0.1) is 0 Å². The summed E-state index contributed by atoms with van der Waals surface area (Å²) in [5, 5.41) is 0.384. The van der Waals surface area contributed by atoms with E-state index < -0.39 is 0 Å². The highest BCUT2D eigenvalue weighted by Gasteiger charge is 2.18. The molecule has 0 aliphatic rings. The van der Waals surface area contributed by atoms with Gasteiger partial charge in [0, 0.05) is 28.6 Å². The minimum absolute atomic E-state index is 0.0642. The molecule has 0 fully saturated rings. The average Bonchev–Trinajstić information content (AvgIpc) is 2.46. The van der Waals surface area contributed by atoms with E-state index in [1.54, 1.807) is 0 Å². The first-order chi connectivity index (χ1) is 8.81. The van der Waals surface area contributed by atoms with Crippen molar-refractivity contribution in [2.45, 2.75) is 29.5 Å². The molecule has 3 heteroatoms. The van der Waals surface area contributed by atoms with Gasteiger partial charge in [0.2, 0.25) is 0 Å². The number of pyridine rings is 1. The minimum Gasteiger partial charge on any atom is -0.323 e. The molecule has 2 aromatic rings. The van der Waals surface area contributed by atoms with Gasteiger partial charge in [-0.05, 0) is 24.1 Å². The van der Waals surface area contributed by atoms with Gasteiger partial charge in [0.1, 0.15) is 0 Å². The number of nitrogens with two attached hydrogens (primary N) is 1. The van der Waals surface area contributed by atoms with Crippen molar-refractivity contribution < 1.29 is 0 Å². The van der Waals surface area contributed by atoms with E-state index in [2.05, 4.69) is 24.0 Å². The minimum atomic E-state index is 0.0642. The highest BCUT2D eigenvalue weighted by Crippen LogP contribution is 2.32. The van der Waals surface area contributed by atoms with Crippen molar-refractivity contribution in [1.29, 1.82) is 0 Å². The lowest BCUT2D eigenvalue weighted by Gasteiger charge is -2.22. The molecule has 1 heterocycles. The van der Waals surface area contributed by atoms with Crippen molar-refractivity contribution in [3.05, 3.63) is 60.4 Å². The van der Waals surface area contributed by atoms with Crippen LogP contribution in [0.1, 0.15) is 24.9 Å². The smallest absolute Gasteiger partial charge is 0.0418 e. The van der Waals surface area contributed by atoms with Gasteiger partial charge in [-0.25, -0.2) is 0 Å². The van der Waals surface area contributed by atoms with Gasteiger partial charge in [-0.1, -0.05) is 37.3 Å². The lowest BCUT2D eigenvalue weighted by atomic mass is 10.0. The molecule has 0 bridgehead atoms. The average molecular weight is 258 g/mol. The molecule has 0 amide bonds. The van der Waals surface area contributed by atoms with Crippen molar-refractivity contribution in [3.63, 3.8) is 0 Å². The molecule has 0 aliphatic heterocycles. The van der Waals surface area contributed by atoms with E-state index in [0.29, 0.717) is 5.25 Å². The highest BCUT2D eigenvalue weighted by molar-refractivity contribution is 8.00. The van der Waals surface area contributed by atoms with Crippen LogP contribution in [0.2, 0.25) is 0 Å². The maximum Gasteiger partial charge on any atom is 0.0418 e. The predicted octanol–water partition coefficient (Wildman–Crippen LogP) is 3.65. The number of rotatable bonds is 5. The Labute approximate surface area is 113 Å². The summed E-state index contributed by atoms with van der Waals surface area (Å²) in [5.74, 6) is 0. The van der Waals surface area contributed by atoms with Crippen LogP contribution < -0.4 is 5.73 Å². The van der Waals surface area contributed by atoms with Crippen LogP contribution in [0.4, 0.5) is 0 Å². The van der Waals surface area contributed by atoms with Crippen LogP contribution in [0.25, 0.3) is 0 Å². The molecule has 0 saturated carbocycles. The van der Waals surface area contributed by atoms with Crippen molar-refractivity contribution in [3.8, 4) is 0 Å². The molecular formula is C15H18N2S. The summed E-state index contributed by atoms with van der Waals surface area (Å²) in [7, 11) is 0. The molecule has 2 atom stereocenters. The Morgan fingerprint density at radius 2 is 1.78 bits per heavy atom. The summed E-state index contributed by atoms with van der Waals surface area (Å²) in [6, 6.07) is 14.4. The van der Waals surface area contributed by atoms with Crippen LogP contribution in [-0.2, 0) is 0 Å². The lowest BCUT2D eigenvalue weighted by molar-refractivity contribution is 0.656. The zero-order valence-corrected chi connectivity index (χ0v) is 11.3. The third-order valence-electron chi connectivity index (χ3n) is 2.92. The topological polar surface area (TPSA) is 38.9 Å². The van der Waals surface area contributed by atoms with Crippen molar-refractivity contribution in [1.82, 2.24) is 4.98 Å². The first-order valence-electron chi connectivity index (χ1n) is 6.18. The van der Waals surface area contributed by atoms with Crippen LogP contribution >= 0.6 is 11.8 Å². The lowest BCUT2D eigenvalue weighted by Crippen LogP contribution is -2.23. The van der Waals surface area contributed by atoms with Crippen molar-refractivity contribution in [2.24, 2.45) is 5.73 Å². The Kier molecular flexibility index (Phi) is 4.79. The van der Waals surface area contributed by atoms with Crippen LogP contribution in [-0.4, -0.2) is 10.2 Å². The summed E-state index contributed by atoms with van der Waals surface area (Å²) < 4.78 is 0. The Bertz CT molecular complexity index is 458. The normalized spacial score (nSPS) is 14.1. The Hall–Kier alpha value is -1.32. The monoisotopic (exact) mass is 258 g/mol. The van der Waals surface area contributed by atoms with Gasteiger partial charge >= 0.3 is 0 Å². The van der Waals surface area contributed by atoms with Gasteiger partial charge in [-0.2, -0.15) is 0 Å². The van der Waals surface area contributed by atoms with E-state index in [0.717, 1.165) is 6.42 Å². The number of thioether (sulfide) groups is 1. The zero-order chi connectivity index (χ0) is 12.8. The van der Waals surface area contributed by atoms with E-state index in [-0.39, 0.29) is 6.04 Å². The molecule has 0 saturated heterocycles. The molecule has 2 rings (SSSR count). The molecule has 2 unspecified atom stereocenters. The van der Waals surface area contributed by atoms with Gasteiger partial charge in [0.15, 0.2) is 0 Å². The molecular weight excluding hydrogens is 240 g/mol. The Morgan fingerprint density at radius 1 is 1.11 bits per heavy atom. The molecule has 18 heavy (non-hydrogen) atoms. The fourth-order valence-electron chi connectivity index (χ4n) is 1.89. The van der Waals surface area contributed by atoms with E-state index in [9.17, 15) is 0 Å². The molecule has 0 aliphatic carbocycles. The number of aromatic nitrogens is 1. The van der Waals surface area contributed by atoms with Gasteiger partial charge in [-0.15, -0.1) is 11.8 Å². The van der Waals surface area contributed by atoms with Gasteiger partial charge in [0.25, 0.3) is 0 Å². The zero-order valence-electron chi connectivity index (χ0n) is 10.5. The molecule has 94 valence electrons. The Morgan fingerprint density at radius 3 is 2.39 bits per heavy atom. The summed E-state index contributed by atoms with van der Waals surface area (Å²) in [5.41, 5.74) is 7.56. The van der Waals surface area contributed by atoms with Crippen LogP contribution in [0.3, 0.4) is 0 Å². The molecule has 2 nitrogen and oxygen atoms in total. The third kappa shape index (κ3) is 3.34. The predicted molar refractivity (Wildman–Crippen MR) is 77.5 cm³/mol. The quantitative estimate of drug-likeness (QED) is 0.832. The first kappa shape index (κ1) is 13.1. The fourth-order valence-corrected chi connectivity index (χ4v) is 2.99. The Balaban J connectivity index is 2.09. The standard InChI is InChI=1S/C15H18N2S/c1-2-14(18-13-8-10-17-11-9-13)15(16)12-6-4-3-5-7-12/h3-11,14-15H,2,16H2,1H3. The second-order valence-electron chi connectivity index (χ2n) is 4.18. The largest absolute Gasteiger partial charge is 0.323 e. The fraction of sp³-hybridized carbons (Fsp3) is 0.267. The van der Waals surface area contributed by atoms with E-state index >= 15 is 0 Å². The molecule has 1 aromatic carbocycles. The number of hydrogen-bond donors (Lipinski definition) is 1. The SMILES string of the molecule is CCC(Sc1ccncc1)C(N)c1ccccc1. The number of hydrogen-bond acceptors (Lipinski definition) is 3. The van der Waals surface area contributed by atoms with Crippen LogP contribution in [0.5, 0.6) is 0 Å². The van der Waals surface area contributed by atoms with Crippen LogP contribution in [0.15, 0.2) is 59.8 Å². The maximum absolute atomic E-state index is 6.36. The van der Waals surface area contributed by atoms with Crippen molar-refractivity contribution in [2.75, 3.05) is 0 Å². The number of benzene rings is 1. The molecule has 2 N–H and O–H groups in total. The highest BCUT2D eigenvalue weighted by atomic mass is 32.2. The summed E-state index contributed by atoms with van der Waals surface area (Å²) in [4.78, 5) is 5.26. The summed E-state index contributed by atoms with van der Waals surface area (Å²) in [6.07, 6.45) is 4.69. The van der Waals surface area contributed by atoms with Gasteiger partial charge < -0.3 is 5.73 Å². The molecule has 0 spiro atoms. The van der Waals surface area contributed by atoms with E-state index in [1.165, 1.54) is 10.5 Å². The van der Waals surface area contributed by atoms with Gasteiger partial charge in [0.05, 0.1) is 0 Å². The number of nitrogens with zero attached hydrogens (tertiary/aromatic N) is 1. The van der Waals surface area contributed by atoms with E-state index in [4.69, 9.17) is 5.73 Å². The molecule has 0 radical (unpaired) electrons. The van der Waals surface area contributed by atoms with Gasteiger partial charge in [-0.3, -0.25) is 4.98 Å². The van der Waals surface area contributed by atoms with E-state index in [1.807, 2.05) is 54.5 Å². The second kappa shape index (κ2) is 6.57.